The second-order valence-corrected chi connectivity index (χ2v) is 5.61. The van der Waals surface area contributed by atoms with Crippen LogP contribution in [0.15, 0.2) is 22.7 Å². The Kier molecular flexibility index (Phi) is 4.71. The summed E-state index contributed by atoms with van der Waals surface area (Å²) in [5.74, 6) is -0.0948. The highest BCUT2D eigenvalue weighted by molar-refractivity contribution is 9.10. The van der Waals surface area contributed by atoms with Crippen LogP contribution >= 0.6 is 15.9 Å². The SMILES string of the molecule is COCC(C)(C)NC(=O)c1cc(C)ccc1Br. The Labute approximate surface area is 111 Å². The zero-order valence-corrected chi connectivity index (χ0v) is 12.2. The van der Waals surface area contributed by atoms with Gasteiger partial charge < -0.3 is 10.1 Å². The molecule has 0 saturated heterocycles. The summed E-state index contributed by atoms with van der Waals surface area (Å²) >= 11 is 3.39. The topological polar surface area (TPSA) is 38.3 Å². The Morgan fingerprint density at radius 2 is 2.12 bits per heavy atom. The van der Waals surface area contributed by atoms with E-state index < -0.39 is 0 Å². The molecule has 17 heavy (non-hydrogen) atoms. The van der Waals surface area contributed by atoms with Gasteiger partial charge in [0.15, 0.2) is 0 Å². The van der Waals surface area contributed by atoms with Gasteiger partial charge in [-0.3, -0.25) is 4.79 Å². The molecule has 0 bridgehead atoms. The van der Waals surface area contributed by atoms with Crippen LogP contribution in [0.2, 0.25) is 0 Å². The zero-order chi connectivity index (χ0) is 13.1. The van der Waals surface area contributed by atoms with Gasteiger partial charge in [0.05, 0.1) is 17.7 Å². The molecule has 0 unspecified atom stereocenters. The molecule has 0 saturated carbocycles. The molecule has 1 amide bonds. The monoisotopic (exact) mass is 299 g/mol. The maximum absolute atomic E-state index is 12.1. The maximum atomic E-state index is 12.1. The molecule has 0 aromatic heterocycles. The minimum atomic E-state index is -0.380. The third kappa shape index (κ3) is 4.13. The number of hydrogen-bond acceptors (Lipinski definition) is 2. The summed E-state index contributed by atoms with van der Waals surface area (Å²) in [5, 5.41) is 2.95. The third-order valence-electron chi connectivity index (χ3n) is 2.32. The summed E-state index contributed by atoms with van der Waals surface area (Å²) < 4.78 is 5.87. The van der Waals surface area contributed by atoms with E-state index in [0.717, 1.165) is 10.0 Å². The minimum Gasteiger partial charge on any atom is -0.382 e. The lowest BCUT2D eigenvalue weighted by Gasteiger charge is -2.25. The summed E-state index contributed by atoms with van der Waals surface area (Å²) in [6.45, 7) is 6.29. The van der Waals surface area contributed by atoms with E-state index in [2.05, 4.69) is 21.2 Å². The van der Waals surface area contributed by atoms with Crippen LogP contribution in [0.4, 0.5) is 0 Å². The molecule has 1 rings (SSSR count). The first-order valence-electron chi connectivity index (χ1n) is 5.43. The molecule has 0 aliphatic carbocycles. The second kappa shape index (κ2) is 5.65. The number of aryl methyl sites for hydroxylation is 1. The molecule has 0 fully saturated rings. The van der Waals surface area contributed by atoms with E-state index in [1.165, 1.54) is 0 Å². The number of methoxy groups -OCH3 is 1. The minimum absolute atomic E-state index is 0.0948. The number of halogens is 1. The Balaban J connectivity index is 2.86. The molecule has 1 aromatic rings. The number of ether oxygens (including phenoxy) is 1. The van der Waals surface area contributed by atoms with E-state index in [4.69, 9.17) is 4.74 Å². The molecule has 0 aliphatic heterocycles. The van der Waals surface area contributed by atoms with Crippen molar-refractivity contribution in [2.24, 2.45) is 0 Å². The van der Waals surface area contributed by atoms with Crippen LogP contribution < -0.4 is 5.32 Å². The second-order valence-electron chi connectivity index (χ2n) is 4.75. The average Bonchev–Trinajstić information content (AvgIpc) is 2.20. The molecular weight excluding hydrogens is 282 g/mol. The lowest BCUT2D eigenvalue weighted by atomic mass is 10.1. The van der Waals surface area contributed by atoms with Crippen molar-refractivity contribution < 1.29 is 9.53 Å². The molecule has 1 aromatic carbocycles. The van der Waals surface area contributed by atoms with Crippen molar-refractivity contribution in [3.63, 3.8) is 0 Å². The first-order valence-corrected chi connectivity index (χ1v) is 6.22. The van der Waals surface area contributed by atoms with Gasteiger partial charge >= 0.3 is 0 Å². The van der Waals surface area contributed by atoms with Gasteiger partial charge in [-0.25, -0.2) is 0 Å². The number of benzene rings is 1. The maximum Gasteiger partial charge on any atom is 0.252 e. The van der Waals surface area contributed by atoms with Crippen molar-refractivity contribution in [3.8, 4) is 0 Å². The van der Waals surface area contributed by atoms with E-state index in [1.54, 1.807) is 7.11 Å². The number of amides is 1. The molecule has 1 N–H and O–H groups in total. The molecule has 94 valence electrons. The van der Waals surface area contributed by atoms with E-state index in [-0.39, 0.29) is 11.4 Å². The Morgan fingerprint density at radius 1 is 1.47 bits per heavy atom. The lowest BCUT2D eigenvalue weighted by Crippen LogP contribution is -2.46. The first-order chi connectivity index (χ1) is 7.85. The first kappa shape index (κ1) is 14.2. The van der Waals surface area contributed by atoms with Gasteiger partial charge in [-0.15, -0.1) is 0 Å². The zero-order valence-electron chi connectivity index (χ0n) is 10.6. The van der Waals surface area contributed by atoms with Crippen molar-refractivity contribution in [1.82, 2.24) is 5.32 Å². The molecule has 0 spiro atoms. The highest BCUT2D eigenvalue weighted by atomic mass is 79.9. The van der Waals surface area contributed by atoms with Gasteiger partial charge in [0, 0.05) is 11.6 Å². The Morgan fingerprint density at radius 3 is 2.71 bits per heavy atom. The van der Waals surface area contributed by atoms with E-state index in [0.29, 0.717) is 12.2 Å². The molecule has 3 nitrogen and oxygen atoms in total. The highest BCUT2D eigenvalue weighted by Gasteiger charge is 2.22. The van der Waals surface area contributed by atoms with E-state index in [1.807, 2.05) is 39.0 Å². The van der Waals surface area contributed by atoms with Crippen LogP contribution in [0, 0.1) is 6.92 Å². The molecule has 0 radical (unpaired) electrons. The summed E-state index contributed by atoms with van der Waals surface area (Å²) in [6.07, 6.45) is 0. The quantitative estimate of drug-likeness (QED) is 0.928. The van der Waals surface area contributed by atoms with E-state index in [9.17, 15) is 4.79 Å². The van der Waals surface area contributed by atoms with E-state index >= 15 is 0 Å². The van der Waals surface area contributed by atoms with Crippen LogP contribution in [0.5, 0.6) is 0 Å². The van der Waals surface area contributed by atoms with Crippen molar-refractivity contribution in [3.05, 3.63) is 33.8 Å². The highest BCUT2D eigenvalue weighted by Crippen LogP contribution is 2.19. The predicted molar refractivity (Wildman–Crippen MR) is 72.3 cm³/mol. The lowest BCUT2D eigenvalue weighted by molar-refractivity contribution is 0.0819. The van der Waals surface area contributed by atoms with Crippen molar-refractivity contribution in [1.29, 1.82) is 0 Å². The predicted octanol–water partition coefficient (Wildman–Crippen LogP) is 2.91. The fourth-order valence-corrected chi connectivity index (χ4v) is 2.01. The Bertz CT molecular complexity index is 416. The summed E-state index contributed by atoms with van der Waals surface area (Å²) in [6, 6.07) is 5.71. The fourth-order valence-electron chi connectivity index (χ4n) is 1.58. The van der Waals surface area contributed by atoms with Gasteiger partial charge in [0.25, 0.3) is 5.91 Å². The number of carbonyl (C=O) groups is 1. The summed E-state index contributed by atoms with van der Waals surface area (Å²) in [5.41, 5.74) is 1.33. The number of hydrogen-bond donors (Lipinski definition) is 1. The van der Waals surface area contributed by atoms with Crippen molar-refractivity contribution >= 4 is 21.8 Å². The fraction of sp³-hybridized carbons (Fsp3) is 0.462. The standard InChI is InChI=1S/C13H18BrNO2/c1-9-5-6-11(14)10(7-9)12(16)15-13(2,3)8-17-4/h5-7H,8H2,1-4H3,(H,15,16). The largest absolute Gasteiger partial charge is 0.382 e. The number of carbonyl (C=O) groups excluding carboxylic acids is 1. The van der Waals surface area contributed by atoms with Gasteiger partial charge in [-0.1, -0.05) is 11.6 Å². The van der Waals surface area contributed by atoms with Crippen LogP contribution in [0.25, 0.3) is 0 Å². The molecule has 0 atom stereocenters. The molecule has 0 heterocycles. The van der Waals surface area contributed by atoms with Crippen molar-refractivity contribution in [2.45, 2.75) is 26.3 Å². The van der Waals surface area contributed by atoms with Gasteiger partial charge in [0.2, 0.25) is 0 Å². The average molecular weight is 300 g/mol. The smallest absolute Gasteiger partial charge is 0.252 e. The van der Waals surface area contributed by atoms with Crippen LogP contribution in [-0.2, 0) is 4.74 Å². The van der Waals surface area contributed by atoms with Gasteiger partial charge in [-0.2, -0.15) is 0 Å². The summed E-state index contributed by atoms with van der Waals surface area (Å²) in [4.78, 5) is 12.1. The van der Waals surface area contributed by atoms with Crippen LogP contribution in [0.1, 0.15) is 29.8 Å². The third-order valence-corrected chi connectivity index (χ3v) is 3.02. The van der Waals surface area contributed by atoms with Crippen LogP contribution in [-0.4, -0.2) is 25.2 Å². The van der Waals surface area contributed by atoms with Crippen LogP contribution in [0.3, 0.4) is 0 Å². The molecular formula is C13H18BrNO2. The normalized spacial score (nSPS) is 11.4. The Hall–Kier alpha value is -0.870. The molecule has 0 aliphatic rings. The number of rotatable bonds is 4. The van der Waals surface area contributed by atoms with Gasteiger partial charge in [-0.05, 0) is 48.8 Å². The van der Waals surface area contributed by atoms with Gasteiger partial charge in [0.1, 0.15) is 0 Å². The summed E-state index contributed by atoms with van der Waals surface area (Å²) in [7, 11) is 1.62. The number of nitrogens with one attached hydrogen (secondary N) is 1. The molecule has 4 heteroatoms. The van der Waals surface area contributed by atoms with Crippen molar-refractivity contribution in [2.75, 3.05) is 13.7 Å².